The molecular formula is C21H20N4OS2. The van der Waals surface area contributed by atoms with Gasteiger partial charge in [0.2, 0.25) is 0 Å². The van der Waals surface area contributed by atoms with Crippen molar-refractivity contribution in [3.8, 4) is 0 Å². The van der Waals surface area contributed by atoms with Crippen molar-refractivity contribution in [3.05, 3.63) is 56.7 Å². The fourth-order valence-corrected chi connectivity index (χ4v) is 6.20. The number of aromatic nitrogens is 4. The van der Waals surface area contributed by atoms with Gasteiger partial charge in [-0.25, -0.2) is 15.0 Å². The summed E-state index contributed by atoms with van der Waals surface area (Å²) in [6, 6.07) is 8.01. The smallest absolute Gasteiger partial charge is 0.259 e. The van der Waals surface area contributed by atoms with Crippen LogP contribution in [0.2, 0.25) is 0 Å². The molecule has 0 saturated carbocycles. The van der Waals surface area contributed by atoms with Gasteiger partial charge in [0.25, 0.3) is 5.56 Å². The Bertz CT molecular complexity index is 1260. The number of thioether (sulfide) groups is 1. The van der Waals surface area contributed by atoms with Gasteiger partial charge in [-0.3, -0.25) is 4.79 Å². The fraction of sp³-hybridized carbons (Fsp3) is 0.333. The Morgan fingerprint density at radius 3 is 3.00 bits per heavy atom. The Hall–Kier alpha value is -2.25. The number of aromatic amines is 1. The van der Waals surface area contributed by atoms with Gasteiger partial charge in [-0.05, 0) is 43.7 Å². The first-order valence-corrected chi connectivity index (χ1v) is 11.3. The molecule has 1 atom stereocenters. The van der Waals surface area contributed by atoms with E-state index in [0.717, 1.165) is 51.2 Å². The van der Waals surface area contributed by atoms with E-state index in [2.05, 4.69) is 21.9 Å². The molecule has 1 aliphatic rings. The number of para-hydroxylation sites is 1. The van der Waals surface area contributed by atoms with Crippen LogP contribution < -0.4 is 5.56 Å². The summed E-state index contributed by atoms with van der Waals surface area (Å²) in [4.78, 5) is 31.9. The quantitative estimate of drug-likeness (QED) is 0.394. The van der Waals surface area contributed by atoms with Crippen molar-refractivity contribution in [1.29, 1.82) is 0 Å². The normalized spacial score (nSPS) is 16.6. The summed E-state index contributed by atoms with van der Waals surface area (Å²) in [5, 5.41) is 2.76. The number of hydrogen-bond donors (Lipinski definition) is 1. The fourth-order valence-electron chi connectivity index (χ4n) is 3.87. The highest BCUT2D eigenvalue weighted by Crippen LogP contribution is 2.36. The molecule has 0 radical (unpaired) electrons. The summed E-state index contributed by atoms with van der Waals surface area (Å²) < 4.78 is 0. The summed E-state index contributed by atoms with van der Waals surface area (Å²) in [6.07, 6.45) is 3.20. The molecule has 1 aliphatic carbocycles. The first-order valence-electron chi connectivity index (χ1n) is 9.48. The van der Waals surface area contributed by atoms with Crippen LogP contribution in [0.25, 0.3) is 21.1 Å². The maximum atomic E-state index is 12.8. The average Bonchev–Trinajstić information content (AvgIpc) is 3.03. The predicted molar refractivity (Wildman–Crippen MR) is 115 cm³/mol. The lowest BCUT2D eigenvalue weighted by Crippen LogP contribution is -2.14. The van der Waals surface area contributed by atoms with Gasteiger partial charge in [0.1, 0.15) is 21.5 Å². The average molecular weight is 409 g/mol. The van der Waals surface area contributed by atoms with Gasteiger partial charge in [0, 0.05) is 10.3 Å². The van der Waals surface area contributed by atoms with Crippen LogP contribution in [-0.2, 0) is 18.6 Å². The van der Waals surface area contributed by atoms with E-state index in [4.69, 9.17) is 4.98 Å². The third-order valence-electron chi connectivity index (χ3n) is 5.24. The van der Waals surface area contributed by atoms with Crippen molar-refractivity contribution in [2.45, 2.75) is 43.9 Å². The number of rotatable bonds is 3. The summed E-state index contributed by atoms with van der Waals surface area (Å²) in [5.74, 6) is 2.71. The second-order valence-corrected chi connectivity index (χ2v) is 9.47. The predicted octanol–water partition coefficient (Wildman–Crippen LogP) is 4.65. The van der Waals surface area contributed by atoms with Crippen molar-refractivity contribution >= 4 is 44.2 Å². The molecule has 0 fully saturated rings. The van der Waals surface area contributed by atoms with E-state index in [1.54, 1.807) is 23.1 Å². The summed E-state index contributed by atoms with van der Waals surface area (Å²) in [5.41, 5.74) is 2.16. The molecule has 0 bridgehead atoms. The molecule has 3 aromatic heterocycles. The van der Waals surface area contributed by atoms with Gasteiger partial charge in [-0.1, -0.05) is 36.9 Å². The third-order valence-corrected chi connectivity index (χ3v) is 7.39. The molecule has 0 amide bonds. The molecule has 1 aromatic carbocycles. The summed E-state index contributed by atoms with van der Waals surface area (Å²) >= 11 is 3.28. The van der Waals surface area contributed by atoms with E-state index in [1.165, 1.54) is 10.4 Å². The van der Waals surface area contributed by atoms with E-state index < -0.39 is 0 Å². The van der Waals surface area contributed by atoms with Gasteiger partial charge < -0.3 is 4.98 Å². The SMILES string of the molecule is Cc1nc(SCc2nc3sc4c(c3c(=O)[nH]2)CC[C@H](C)C4)c2ccccc2n1. The molecule has 4 aromatic rings. The maximum absolute atomic E-state index is 12.8. The highest BCUT2D eigenvalue weighted by Gasteiger charge is 2.23. The van der Waals surface area contributed by atoms with Crippen LogP contribution in [0.5, 0.6) is 0 Å². The van der Waals surface area contributed by atoms with E-state index in [-0.39, 0.29) is 5.56 Å². The molecule has 0 saturated heterocycles. The lowest BCUT2D eigenvalue weighted by molar-refractivity contribution is 0.509. The molecule has 0 spiro atoms. The second kappa shape index (κ2) is 6.97. The number of fused-ring (bicyclic) bond motifs is 4. The van der Waals surface area contributed by atoms with Gasteiger partial charge in [-0.2, -0.15) is 0 Å². The van der Waals surface area contributed by atoms with Crippen LogP contribution in [0.1, 0.15) is 35.4 Å². The number of thiophene rings is 1. The Balaban J connectivity index is 1.49. The molecular weight excluding hydrogens is 388 g/mol. The van der Waals surface area contributed by atoms with Crippen LogP contribution in [0.15, 0.2) is 34.1 Å². The van der Waals surface area contributed by atoms with E-state index in [9.17, 15) is 4.79 Å². The molecule has 1 N–H and O–H groups in total. The van der Waals surface area contributed by atoms with E-state index in [0.29, 0.717) is 17.5 Å². The summed E-state index contributed by atoms with van der Waals surface area (Å²) in [6.45, 7) is 4.18. The Labute approximate surface area is 170 Å². The van der Waals surface area contributed by atoms with Crippen molar-refractivity contribution in [2.24, 2.45) is 5.92 Å². The van der Waals surface area contributed by atoms with Crippen LogP contribution in [0, 0.1) is 12.8 Å². The zero-order chi connectivity index (χ0) is 19.3. The van der Waals surface area contributed by atoms with Gasteiger partial charge in [-0.15, -0.1) is 11.3 Å². The Morgan fingerprint density at radius 2 is 2.11 bits per heavy atom. The third kappa shape index (κ3) is 3.12. The zero-order valence-electron chi connectivity index (χ0n) is 15.8. The molecule has 142 valence electrons. The largest absolute Gasteiger partial charge is 0.309 e. The van der Waals surface area contributed by atoms with Crippen molar-refractivity contribution in [1.82, 2.24) is 19.9 Å². The summed E-state index contributed by atoms with van der Waals surface area (Å²) in [7, 11) is 0. The van der Waals surface area contributed by atoms with Gasteiger partial charge in [0.15, 0.2) is 0 Å². The number of nitrogens with zero attached hydrogens (tertiary/aromatic N) is 3. The number of benzene rings is 1. The minimum Gasteiger partial charge on any atom is -0.309 e. The lowest BCUT2D eigenvalue weighted by atomic mass is 9.89. The molecule has 5 rings (SSSR count). The minimum atomic E-state index is -0.00335. The van der Waals surface area contributed by atoms with Crippen LogP contribution in [-0.4, -0.2) is 19.9 Å². The maximum Gasteiger partial charge on any atom is 0.259 e. The lowest BCUT2D eigenvalue weighted by Gasteiger charge is -2.17. The number of nitrogens with one attached hydrogen (secondary N) is 1. The van der Waals surface area contributed by atoms with E-state index in [1.807, 2.05) is 31.2 Å². The number of aryl methyl sites for hydroxylation is 2. The van der Waals surface area contributed by atoms with E-state index >= 15 is 0 Å². The molecule has 7 heteroatoms. The van der Waals surface area contributed by atoms with Gasteiger partial charge >= 0.3 is 0 Å². The Kier molecular flexibility index (Phi) is 4.44. The topological polar surface area (TPSA) is 71.5 Å². The second-order valence-electron chi connectivity index (χ2n) is 7.43. The highest BCUT2D eigenvalue weighted by molar-refractivity contribution is 7.98. The number of hydrogen-bond acceptors (Lipinski definition) is 6. The number of H-pyrrole nitrogens is 1. The van der Waals surface area contributed by atoms with Crippen molar-refractivity contribution < 1.29 is 0 Å². The van der Waals surface area contributed by atoms with Gasteiger partial charge in [0.05, 0.1) is 16.7 Å². The minimum absolute atomic E-state index is 0.00335. The molecule has 0 unspecified atom stereocenters. The van der Waals surface area contributed by atoms with Crippen molar-refractivity contribution in [2.75, 3.05) is 0 Å². The Morgan fingerprint density at radius 1 is 1.25 bits per heavy atom. The standard InChI is InChI=1S/C21H20N4OS2/c1-11-7-8-14-16(9-11)28-21-18(14)19(26)24-17(25-21)10-27-20-13-5-3-4-6-15(13)22-12(2)23-20/h3-6,11H,7-10H2,1-2H3,(H,24,25,26)/t11-/m0/s1. The molecule has 3 heterocycles. The first-order chi connectivity index (χ1) is 13.6. The van der Waals surface area contributed by atoms with Crippen molar-refractivity contribution in [3.63, 3.8) is 0 Å². The monoisotopic (exact) mass is 408 g/mol. The first kappa shape index (κ1) is 17.8. The van der Waals surface area contributed by atoms with Crippen LogP contribution in [0.4, 0.5) is 0 Å². The molecule has 0 aliphatic heterocycles. The van der Waals surface area contributed by atoms with Crippen LogP contribution in [0.3, 0.4) is 0 Å². The highest BCUT2D eigenvalue weighted by atomic mass is 32.2. The van der Waals surface area contributed by atoms with Crippen LogP contribution >= 0.6 is 23.1 Å². The molecule has 5 nitrogen and oxygen atoms in total. The molecule has 28 heavy (non-hydrogen) atoms. The zero-order valence-corrected chi connectivity index (χ0v) is 17.4.